The van der Waals surface area contributed by atoms with Gasteiger partial charge in [0.05, 0.1) is 5.92 Å². The molecule has 2 N–H and O–H groups in total. The molecule has 3 nitrogen and oxygen atoms in total. The average molecular weight is 319 g/mol. The number of halogens is 1. The smallest absolute Gasteiger partial charge is 0.227 e. The molecule has 2 aromatic carbocycles. The number of carbonyl (C=O) groups excluding carboxylic acids is 1. The van der Waals surface area contributed by atoms with E-state index in [0.717, 1.165) is 25.1 Å². The Morgan fingerprint density at radius 3 is 2.77 bits per heavy atom. The lowest BCUT2D eigenvalue weighted by Crippen LogP contribution is -2.38. The summed E-state index contributed by atoms with van der Waals surface area (Å²) in [5.41, 5.74) is 1.07. The summed E-state index contributed by atoms with van der Waals surface area (Å²) in [4.78, 5) is 12.3. The van der Waals surface area contributed by atoms with Crippen molar-refractivity contribution in [2.45, 2.75) is 31.7 Å². The summed E-state index contributed by atoms with van der Waals surface area (Å²) in [7, 11) is 0. The van der Waals surface area contributed by atoms with Gasteiger partial charge in [-0.2, -0.15) is 0 Å². The monoisotopic (exact) mass is 318 g/mol. The van der Waals surface area contributed by atoms with E-state index in [0.29, 0.717) is 6.04 Å². The standard InChI is InChI=1S/C18H22N2O.ClH/c1-13(18(21)20-12-17-7-4-10-19-17)15-9-8-14-5-2-3-6-16(14)11-15;/h2-3,5-6,8-9,11,13,17,19H,4,7,10,12H2,1H3,(H,20,21);1H. The van der Waals surface area contributed by atoms with Crippen molar-refractivity contribution in [2.75, 3.05) is 13.1 Å². The average Bonchev–Trinajstić information content (AvgIpc) is 3.05. The van der Waals surface area contributed by atoms with Gasteiger partial charge in [0.2, 0.25) is 5.91 Å². The third-order valence-corrected chi connectivity index (χ3v) is 4.35. The number of benzene rings is 2. The molecule has 2 unspecified atom stereocenters. The molecule has 1 saturated heterocycles. The molecular weight excluding hydrogens is 296 g/mol. The van der Waals surface area contributed by atoms with Gasteiger partial charge in [0.25, 0.3) is 0 Å². The zero-order valence-electron chi connectivity index (χ0n) is 12.8. The van der Waals surface area contributed by atoms with Gasteiger partial charge in [0.1, 0.15) is 0 Å². The molecule has 1 heterocycles. The molecule has 0 radical (unpaired) electrons. The third-order valence-electron chi connectivity index (χ3n) is 4.35. The van der Waals surface area contributed by atoms with E-state index in [1.807, 2.05) is 19.1 Å². The molecule has 0 saturated carbocycles. The summed E-state index contributed by atoms with van der Waals surface area (Å²) < 4.78 is 0. The molecule has 118 valence electrons. The molecule has 0 bridgehead atoms. The maximum absolute atomic E-state index is 12.3. The molecule has 2 aromatic rings. The number of rotatable bonds is 4. The van der Waals surface area contributed by atoms with E-state index in [1.165, 1.54) is 17.2 Å². The highest BCUT2D eigenvalue weighted by Crippen LogP contribution is 2.21. The van der Waals surface area contributed by atoms with Crippen LogP contribution in [0.2, 0.25) is 0 Å². The van der Waals surface area contributed by atoms with Crippen molar-refractivity contribution in [1.82, 2.24) is 10.6 Å². The van der Waals surface area contributed by atoms with Gasteiger partial charge in [-0.05, 0) is 42.6 Å². The first-order valence-corrected chi connectivity index (χ1v) is 7.74. The summed E-state index contributed by atoms with van der Waals surface area (Å²) in [5.74, 6) is -0.00464. The van der Waals surface area contributed by atoms with Crippen molar-refractivity contribution in [3.63, 3.8) is 0 Å². The van der Waals surface area contributed by atoms with Crippen LogP contribution in [0.25, 0.3) is 10.8 Å². The summed E-state index contributed by atoms with van der Waals surface area (Å²) in [6, 6.07) is 15.0. The van der Waals surface area contributed by atoms with Crippen molar-refractivity contribution in [2.24, 2.45) is 0 Å². The van der Waals surface area contributed by atoms with Crippen molar-refractivity contribution < 1.29 is 4.79 Å². The van der Waals surface area contributed by atoms with Gasteiger partial charge in [-0.15, -0.1) is 12.4 Å². The van der Waals surface area contributed by atoms with Gasteiger partial charge in [-0.25, -0.2) is 0 Å². The van der Waals surface area contributed by atoms with Crippen LogP contribution in [-0.2, 0) is 4.79 Å². The van der Waals surface area contributed by atoms with E-state index < -0.39 is 0 Å². The second kappa shape index (κ2) is 7.61. The van der Waals surface area contributed by atoms with E-state index in [1.54, 1.807) is 0 Å². The fraction of sp³-hybridized carbons (Fsp3) is 0.389. The first-order chi connectivity index (χ1) is 10.2. The number of hydrogen-bond acceptors (Lipinski definition) is 2. The third kappa shape index (κ3) is 3.79. The molecule has 0 aromatic heterocycles. The Bertz CT molecular complexity index is 638. The zero-order valence-corrected chi connectivity index (χ0v) is 13.7. The van der Waals surface area contributed by atoms with E-state index in [4.69, 9.17) is 0 Å². The number of hydrogen-bond donors (Lipinski definition) is 2. The fourth-order valence-corrected chi connectivity index (χ4v) is 2.94. The maximum Gasteiger partial charge on any atom is 0.227 e. The quantitative estimate of drug-likeness (QED) is 0.908. The molecule has 1 aliphatic heterocycles. The normalized spacial score (nSPS) is 18.7. The van der Waals surface area contributed by atoms with Gasteiger partial charge >= 0.3 is 0 Å². The Labute approximate surface area is 137 Å². The zero-order chi connectivity index (χ0) is 14.7. The summed E-state index contributed by atoms with van der Waals surface area (Å²) >= 11 is 0. The number of nitrogens with one attached hydrogen (secondary N) is 2. The molecule has 1 aliphatic rings. The van der Waals surface area contributed by atoms with Gasteiger partial charge < -0.3 is 10.6 Å². The summed E-state index contributed by atoms with van der Waals surface area (Å²) in [6.07, 6.45) is 2.37. The lowest BCUT2D eigenvalue weighted by molar-refractivity contribution is -0.122. The first-order valence-electron chi connectivity index (χ1n) is 7.74. The van der Waals surface area contributed by atoms with Crippen molar-refractivity contribution in [3.8, 4) is 0 Å². The minimum absolute atomic E-state index is 0. The van der Waals surface area contributed by atoms with Crippen LogP contribution in [-0.4, -0.2) is 25.0 Å². The molecule has 22 heavy (non-hydrogen) atoms. The SMILES string of the molecule is CC(C(=O)NCC1CCCN1)c1ccc2ccccc2c1.Cl. The lowest BCUT2D eigenvalue weighted by Gasteiger charge is -2.16. The van der Waals surface area contributed by atoms with Crippen LogP contribution in [0.15, 0.2) is 42.5 Å². The predicted octanol–water partition coefficient (Wildman–Crippen LogP) is 3.23. The minimum atomic E-state index is -0.115. The van der Waals surface area contributed by atoms with Crippen LogP contribution in [0.3, 0.4) is 0 Å². The highest BCUT2D eigenvalue weighted by atomic mass is 35.5. The lowest BCUT2D eigenvalue weighted by atomic mass is 9.97. The van der Waals surface area contributed by atoms with Gasteiger partial charge in [0.15, 0.2) is 0 Å². The van der Waals surface area contributed by atoms with E-state index in [-0.39, 0.29) is 24.2 Å². The highest BCUT2D eigenvalue weighted by molar-refractivity contribution is 5.87. The van der Waals surface area contributed by atoms with E-state index >= 15 is 0 Å². The second-order valence-electron chi connectivity index (χ2n) is 5.87. The van der Waals surface area contributed by atoms with Gasteiger partial charge in [-0.3, -0.25) is 4.79 Å². The maximum atomic E-state index is 12.3. The van der Waals surface area contributed by atoms with Crippen molar-refractivity contribution in [1.29, 1.82) is 0 Å². The highest BCUT2D eigenvalue weighted by Gasteiger charge is 2.18. The molecule has 0 aliphatic carbocycles. The van der Waals surface area contributed by atoms with E-state index in [9.17, 15) is 4.79 Å². The molecular formula is C18H23ClN2O. The molecule has 1 amide bonds. The molecule has 1 fully saturated rings. The van der Waals surface area contributed by atoms with Crippen LogP contribution >= 0.6 is 12.4 Å². The van der Waals surface area contributed by atoms with E-state index in [2.05, 4.69) is 41.0 Å². The summed E-state index contributed by atoms with van der Waals surface area (Å²) in [6.45, 7) is 3.78. The Kier molecular flexibility index (Phi) is 5.81. The number of carbonyl (C=O) groups is 1. The molecule has 3 rings (SSSR count). The van der Waals surface area contributed by atoms with Crippen LogP contribution in [0.5, 0.6) is 0 Å². The predicted molar refractivity (Wildman–Crippen MR) is 93.6 cm³/mol. The largest absolute Gasteiger partial charge is 0.354 e. The summed E-state index contributed by atoms with van der Waals surface area (Å²) in [5, 5.41) is 8.87. The Morgan fingerprint density at radius 2 is 2.05 bits per heavy atom. The van der Waals surface area contributed by atoms with Crippen molar-refractivity contribution >= 4 is 29.1 Å². The molecule has 4 heteroatoms. The molecule has 2 atom stereocenters. The number of fused-ring (bicyclic) bond motifs is 1. The topological polar surface area (TPSA) is 41.1 Å². The molecule has 0 spiro atoms. The number of amides is 1. The van der Waals surface area contributed by atoms with Crippen LogP contribution < -0.4 is 10.6 Å². The minimum Gasteiger partial charge on any atom is -0.354 e. The Morgan fingerprint density at radius 1 is 1.27 bits per heavy atom. The van der Waals surface area contributed by atoms with Gasteiger partial charge in [-0.1, -0.05) is 42.5 Å². The van der Waals surface area contributed by atoms with Crippen LogP contribution in [0.4, 0.5) is 0 Å². The van der Waals surface area contributed by atoms with Gasteiger partial charge in [0, 0.05) is 12.6 Å². The van der Waals surface area contributed by atoms with Crippen LogP contribution in [0, 0.1) is 0 Å². The van der Waals surface area contributed by atoms with Crippen LogP contribution in [0.1, 0.15) is 31.2 Å². The first kappa shape index (κ1) is 16.8. The Balaban J connectivity index is 0.00000176. The fourth-order valence-electron chi connectivity index (χ4n) is 2.94. The second-order valence-corrected chi connectivity index (χ2v) is 5.87. The van der Waals surface area contributed by atoms with Crippen molar-refractivity contribution in [3.05, 3.63) is 48.0 Å². The Hall–Kier alpha value is -1.58.